The van der Waals surface area contributed by atoms with Gasteiger partial charge in [-0.15, -0.1) is 5.10 Å². The highest BCUT2D eigenvalue weighted by Crippen LogP contribution is 2.14. The summed E-state index contributed by atoms with van der Waals surface area (Å²) >= 11 is 5.88. The second kappa shape index (κ2) is 5.22. The van der Waals surface area contributed by atoms with E-state index in [1.54, 1.807) is 4.68 Å². The first-order valence-corrected chi connectivity index (χ1v) is 6.69. The summed E-state index contributed by atoms with van der Waals surface area (Å²) in [7, 11) is 1.93. The van der Waals surface area contributed by atoms with Gasteiger partial charge in [0, 0.05) is 12.1 Å². The molecule has 0 amide bonds. The summed E-state index contributed by atoms with van der Waals surface area (Å²) in [6.07, 6.45) is 1.92. The van der Waals surface area contributed by atoms with Crippen molar-refractivity contribution in [2.45, 2.75) is 13.5 Å². The van der Waals surface area contributed by atoms with Crippen molar-refractivity contribution < 1.29 is 0 Å². The highest BCUT2D eigenvalue weighted by atomic mass is 35.5. The van der Waals surface area contributed by atoms with Gasteiger partial charge in [-0.3, -0.25) is 0 Å². The monoisotopic (exact) mass is 290 g/mol. The second-order valence-corrected chi connectivity index (χ2v) is 5.21. The fourth-order valence-corrected chi connectivity index (χ4v) is 2.27. The molecule has 0 fully saturated rings. The zero-order valence-electron chi connectivity index (χ0n) is 11.4. The lowest BCUT2D eigenvalue weighted by Crippen LogP contribution is -2.32. The van der Waals surface area contributed by atoms with E-state index in [1.807, 2.05) is 49.6 Å². The van der Waals surface area contributed by atoms with E-state index in [2.05, 4.69) is 20.4 Å². The Hall–Kier alpha value is -1.92. The van der Waals surface area contributed by atoms with Crippen LogP contribution in [0.15, 0.2) is 35.6 Å². The van der Waals surface area contributed by atoms with Crippen LogP contribution >= 0.6 is 11.6 Å². The molecule has 0 atom stereocenters. The molecule has 0 bridgehead atoms. The molecule has 0 spiro atoms. The zero-order chi connectivity index (χ0) is 14.1. The minimum Gasteiger partial charge on any atom is -0.230 e. The summed E-state index contributed by atoms with van der Waals surface area (Å²) in [5.74, 6) is 0. The minimum absolute atomic E-state index is 0.685. The maximum atomic E-state index is 5.88. The molecule has 0 saturated heterocycles. The van der Waals surface area contributed by atoms with Crippen LogP contribution in [0.4, 0.5) is 0 Å². The third-order valence-electron chi connectivity index (χ3n) is 3.11. The maximum Gasteiger partial charge on any atom is 0.0991 e. The number of halogens is 1. The zero-order valence-corrected chi connectivity index (χ0v) is 12.1. The van der Waals surface area contributed by atoms with E-state index in [1.165, 1.54) is 0 Å². The average Bonchev–Trinajstić information content (AvgIpc) is 2.98. The van der Waals surface area contributed by atoms with Gasteiger partial charge in [0.25, 0.3) is 0 Å². The van der Waals surface area contributed by atoms with Gasteiger partial charge in [0.15, 0.2) is 0 Å². The maximum absolute atomic E-state index is 5.88. The number of hydrazone groups is 1. The summed E-state index contributed by atoms with van der Waals surface area (Å²) in [5, 5.41) is 17.3. The molecule has 1 aliphatic rings. The number of hydrogen-bond acceptors (Lipinski definition) is 5. The SMILES string of the molecule is CC1=NN(C)N(Cc2cn(-c3ccc(Cl)cc3)nn2)C1. The molecular formula is C13H15ClN6. The first-order chi connectivity index (χ1) is 9.61. The van der Waals surface area contributed by atoms with Crippen LogP contribution in [0.25, 0.3) is 5.69 Å². The fraction of sp³-hybridized carbons (Fsp3) is 0.308. The molecule has 7 heteroatoms. The Balaban J connectivity index is 1.73. The van der Waals surface area contributed by atoms with Gasteiger partial charge in [0.2, 0.25) is 0 Å². The molecule has 20 heavy (non-hydrogen) atoms. The van der Waals surface area contributed by atoms with Crippen LogP contribution in [-0.2, 0) is 6.54 Å². The van der Waals surface area contributed by atoms with Crippen LogP contribution in [0.3, 0.4) is 0 Å². The molecule has 0 N–H and O–H groups in total. The molecule has 0 unspecified atom stereocenters. The number of nitrogens with zero attached hydrogens (tertiary/aromatic N) is 6. The molecule has 1 aliphatic heterocycles. The van der Waals surface area contributed by atoms with Gasteiger partial charge >= 0.3 is 0 Å². The predicted molar refractivity (Wildman–Crippen MR) is 77.7 cm³/mol. The molecule has 3 rings (SSSR count). The highest BCUT2D eigenvalue weighted by molar-refractivity contribution is 6.30. The minimum atomic E-state index is 0.685. The normalized spacial score (nSPS) is 15.8. The van der Waals surface area contributed by atoms with Crippen LogP contribution in [0.1, 0.15) is 12.6 Å². The molecule has 2 aromatic rings. The van der Waals surface area contributed by atoms with Gasteiger partial charge in [-0.2, -0.15) is 10.1 Å². The molecular weight excluding hydrogens is 276 g/mol. The number of benzene rings is 1. The van der Waals surface area contributed by atoms with Crippen molar-refractivity contribution in [3.8, 4) is 5.69 Å². The lowest BCUT2D eigenvalue weighted by Gasteiger charge is -2.21. The summed E-state index contributed by atoms with van der Waals surface area (Å²) in [5.41, 5.74) is 2.93. The van der Waals surface area contributed by atoms with Crippen LogP contribution in [-0.4, -0.2) is 44.4 Å². The number of hydrogen-bond donors (Lipinski definition) is 0. The molecule has 104 valence electrons. The lowest BCUT2D eigenvalue weighted by atomic mass is 10.3. The van der Waals surface area contributed by atoms with Crippen molar-refractivity contribution in [3.63, 3.8) is 0 Å². The van der Waals surface area contributed by atoms with Gasteiger partial charge in [0.05, 0.1) is 36.4 Å². The molecule has 0 radical (unpaired) electrons. The smallest absolute Gasteiger partial charge is 0.0991 e. The Morgan fingerprint density at radius 3 is 2.65 bits per heavy atom. The first-order valence-electron chi connectivity index (χ1n) is 6.31. The molecule has 0 saturated carbocycles. The number of hydrazine groups is 1. The van der Waals surface area contributed by atoms with Crippen molar-refractivity contribution in [3.05, 3.63) is 41.2 Å². The van der Waals surface area contributed by atoms with E-state index >= 15 is 0 Å². The first kappa shape index (κ1) is 13.1. The van der Waals surface area contributed by atoms with Crippen molar-refractivity contribution in [1.82, 2.24) is 25.1 Å². The highest BCUT2D eigenvalue weighted by Gasteiger charge is 2.19. The topological polar surface area (TPSA) is 49.5 Å². The van der Waals surface area contributed by atoms with E-state index in [9.17, 15) is 0 Å². The fourth-order valence-electron chi connectivity index (χ4n) is 2.14. The van der Waals surface area contributed by atoms with Gasteiger partial charge in [-0.05, 0) is 31.2 Å². The van der Waals surface area contributed by atoms with Crippen LogP contribution in [0, 0.1) is 0 Å². The van der Waals surface area contributed by atoms with Gasteiger partial charge in [0.1, 0.15) is 0 Å². The van der Waals surface area contributed by atoms with E-state index in [4.69, 9.17) is 11.6 Å². The Bertz CT molecular complexity index is 633. The predicted octanol–water partition coefficient (Wildman–Crippen LogP) is 1.96. The third kappa shape index (κ3) is 2.66. The second-order valence-electron chi connectivity index (χ2n) is 4.78. The van der Waals surface area contributed by atoms with E-state index < -0.39 is 0 Å². The Kier molecular flexibility index (Phi) is 3.42. The summed E-state index contributed by atoms with van der Waals surface area (Å²) in [4.78, 5) is 0. The molecule has 6 nitrogen and oxygen atoms in total. The van der Waals surface area contributed by atoms with Crippen LogP contribution < -0.4 is 0 Å². The lowest BCUT2D eigenvalue weighted by molar-refractivity contribution is 0.0278. The van der Waals surface area contributed by atoms with E-state index in [0.29, 0.717) is 11.6 Å². The summed E-state index contributed by atoms with van der Waals surface area (Å²) in [6.45, 7) is 3.52. The van der Waals surface area contributed by atoms with E-state index in [0.717, 1.165) is 23.6 Å². The van der Waals surface area contributed by atoms with Gasteiger partial charge in [-0.25, -0.2) is 9.80 Å². The molecule has 1 aromatic heterocycles. The van der Waals surface area contributed by atoms with Crippen molar-refractivity contribution in [2.75, 3.05) is 13.6 Å². The van der Waals surface area contributed by atoms with Crippen LogP contribution in [0.5, 0.6) is 0 Å². The Labute approximate surface area is 122 Å². The quantitative estimate of drug-likeness (QED) is 0.867. The number of aromatic nitrogens is 3. The standard InChI is InChI=1S/C13H15ClN6/c1-10-7-19(18(2)16-10)8-12-9-20(17-15-12)13-5-3-11(14)4-6-13/h3-6,9H,7-8H2,1-2H3. The third-order valence-corrected chi connectivity index (χ3v) is 3.36. The van der Waals surface area contributed by atoms with Crippen molar-refractivity contribution in [2.24, 2.45) is 5.10 Å². The summed E-state index contributed by atoms with van der Waals surface area (Å²) < 4.78 is 1.75. The van der Waals surface area contributed by atoms with Crippen molar-refractivity contribution in [1.29, 1.82) is 0 Å². The van der Waals surface area contributed by atoms with Crippen molar-refractivity contribution >= 4 is 17.3 Å². The largest absolute Gasteiger partial charge is 0.230 e. The molecule has 1 aromatic carbocycles. The van der Waals surface area contributed by atoms with Gasteiger partial charge in [-0.1, -0.05) is 16.8 Å². The van der Waals surface area contributed by atoms with E-state index in [-0.39, 0.29) is 0 Å². The Morgan fingerprint density at radius 2 is 2.00 bits per heavy atom. The summed E-state index contributed by atoms with van der Waals surface area (Å²) in [6, 6.07) is 7.50. The average molecular weight is 291 g/mol. The number of rotatable bonds is 3. The van der Waals surface area contributed by atoms with Gasteiger partial charge < -0.3 is 0 Å². The molecule has 2 heterocycles. The Morgan fingerprint density at radius 1 is 1.25 bits per heavy atom. The van der Waals surface area contributed by atoms with Crippen LogP contribution in [0.2, 0.25) is 5.02 Å². The molecule has 0 aliphatic carbocycles.